The molecule has 3 aliphatic rings. The highest BCUT2D eigenvalue weighted by Crippen LogP contribution is 2.61. The minimum absolute atomic E-state index is 0.00644. The average Bonchev–Trinajstić information content (AvgIpc) is 3.71. The summed E-state index contributed by atoms with van der Waals surface area (Å²) < 4.78 is 74.2. The van der Waals surface area contributed by atoms with Gasteiger partial charge in [0, 0.05) is 36.2 Å². The van der Waals surface area contributed by atoms with E-state index in [9.17, 15) is 23.1 Å². The Hall–Kier alpha value is -6.01. The lowest BCUT2D eigenvalue weighted by atomic mass is 9.58. The molecule has 0 saturated heterocycles. The van der Waals surface area contributed by atoms with E-state index in [1.807, 2.05) is 76.0 Å². The zero-order chi connectivity index (χ0) is 49.9. The lowest BCUT2D eigenvalue weighted by molar-refractivity contribution is -0.275. The Morgan fingerprint density at radius 3 is 2.19 bits per heavy atom. The third-order valence-corrected chi connectivity index (χ3v) is 18.0. The highest BCUT2D eigenvalue weighted by atomic mass is 28.4. The third-order valence-electron chi connectivity index (χ3n) is 13.5. The number of ketones is 2. The smallest absolute Gasteiger partial charge is 0.508 e. The van der Waals surface area contributed by atoms with Crippen LogP contribution in [0.1, 0.15) is 96.2 Å². The Labute approximate surface area is 401 Å². The lowest BCUT2D eigenvalue weighted by Crippen LogP contribution is -2.65. The quantitative estimate of drug-likeness (QED) is 0.0437. The number of ether oxygens (including phenoxy) is 3. The Bertz CT molecular complexity index is 2580. The van der Waals surface area contributed by atoms with Gasteiger partial charge in [-0.3, -0.25) is 19.3 Å². The van der Waals surface area contributed by atoms with Crippen molar-refractivity contribution in [3.8, 4) is 17.4 Å². The summed E-state index contributed by atoms with van der Waals surface area (Å²) in [6.07, 6.45) is -0.580. The van der Waals surface area contributed by atoms with Crippen molar-refractivity contribution in [3.63, 3.8) is 0 Å². The van der Waals surface area contributed by atoms with E-state index in [-0.39, 0.29) is 91.0 Å². The van der Waals surface area contributed by atoms with E-state index < -0.39 is 72.2 Å². The predicted octanol–water partition coefficient (Wildman–Crippen LogP) is 10.6. The standard InChI is InChI=1S/C52H61F3N4O9Si/c1-9-12-23-56-29-39(60)57-37-28-38(66-52(53,54)55)35-26-34-27-36-43(59(24-10-2)25-11-3)46-42(49(58-67-46)65-31-33-21-17-14-18-22-33)48(63)51(36,68-69(7,8)50(4,5)6)47(62)40(34)44(61)41(35)45(37)64-30-32-19-15-13-16-20-32/h10-11,13-22,28,34,36,43,56,62H,2-3,9,12,23-27,29-31H2,1,4-8H3,(H,57,60)/t34-,36-,43-,51?/m0/s1. The maximum absolute atomic E-state index is 16.0. The minimum Gasteiger partial charge on any atom is -0.508 e. The van der Waals surface area contributed by atoms with Gasteiger partial charge in [-0.05, 0) is 66.1 Å². The van der Waals surface area contributed by atoms with Gasteiger partial charge in [0.1, 0.15) is 30.3 Å². The summed E-state index contributed by atoms with van der Waals surface area (Å²) >= 11 is 0. The fraction of sp³-hybridized carbons (Fsp3) is 0.423. The molecule has 0 saturated carbocycles. The van der Waals surface area contributed by atoms with Crippen LogP contribution >= 0.6 is 0 Å². The van der Waals surface area contributed by atoms with Crippen LogP contribution in [0, 0.1) is 11.8 Å². The molecule has 1 amide bonds. The van der Waals surface area contributed by atoms with Gasteiger partial charge in [0.15, 0.2) is 31.2 Å². The third kappa shape index (κ3) is 10.3. The molecule has 3 aliphatic carbocycles. The van der Waals surface area contributed by atoms with Gasteiger partial charge in [-0.2, -0.15) is 0 Å². The molecule has 69 heavy (non-hydrogen) atoms. The number of alkyl halides is 3. The Balaban J connectivity index is 1.48. The summed E-state index contributed by atoms with van der Waals surface area (Å²) in [7, 11) is -3.18. The number of rotatable bonds is 20. The van der Waals surface area contributed by atoms with E-state index in [0.29, 0.717) is 12.1 Å². The molecule has 3 N–H and O–H groups in total. The fourth-order valence-electron chi connectivity index (χ4n) is 9.32. The zero-order valence-electron chi connectivity index (χ0n) is 40.0. The van der Waals surface area contributed by atoms with E-state index in [1.165, 1.54) is 0 Å². The number of carbonyl (C=O) groups excluding carboxylic acids is 3. The van der Waals surface area contributed by atoms with Crippen LogP contribution in [-0.2, 0) is 28.9 Å². The van der Waals surface area contributed by atoms with E-state index in [1.54, 1.807) is 42.5 Å². The number of hydrogen-bond donors (Lipinski definition) is 3. The summed E-state index contributed by atoms with van der Waals surface area (Å²) in [5.41, 5.74) is -1.93. The highest BCUT2D eigenvalue weighted by Gasteiger charge is 2.68. The monoisotopic (exact) mass is 970 g/mol. The molecular formula is C52H61F3N4O9Si. The number of halogens is 3. The van der Waals surface area contributed by atoms with Gasteiger partial charge >= 0.3 is 6.36 Å². The van der Waals surface area contributed by atoms with Gasteiger partial charge in [-0.1, -0.05) is 107 Å². The molecule has 3 aromatic carbocycles. The summed E-state index contributed by atoms with van der Waals surface area (Å²) in [6, 6.07) is 18.2. The van der Waals surface area contributed by atoms with E-state index >= 15 is 9.59 Å². The molecule has 0 fully saturated rings. The first-order valence-electron chi connectivity index (χ1n) is 23.2. The predicted molar refractivity (Wildman–Crippen MR) is 257 cm³/mol. The van der Waals surface area contributed by atoms with Crippen molar-refractivity contribution >= 4 is 31.5 Å². The molecule has 1 heterocycles. The van der Waals surface area contributed by atoms with Crippen LogP contribution in [-0.4, -0.2) is 79.1 Å². The zero-order valence-corrected chi connectivity index (χ0v) is 41.0. The van der Waals surface area contributed by atoms with Crippen LogP contribution in [0.5, 0.6) is 17.4 Å². The number of allylic oxidation sites excluding steroid dienone is 1. The first-order chi connectivity index (χ1) is 32.8. The van der Waals surface area contributed by atoms with Crippen molar-refractivity contribution in [1.82, 2.24) is 15.4 Å². The second-order valence-electron chi connectivity index (χ2n) is 19.2. The number of unbranched alkanes of at least 4 members (excludes halogenated alkanes) is 1. The number of nitrogens with zero attached hydrogens (tertiary/aromatic N) is 2. The first-order valence-corrected chi connectivity index (χ1v) is 26.1. The molecule has 1 aromatic heterocycles. The molecule has 7 rings (SSSR count). The Morgan fingerprint density at radius 2 is 1.61 bits per heavy atom. The largest absolute Gasteiger partial charge is 0.573 e. The number of nitrogens with one attached hydrogen (secondary N) is 2. The van der Waals surface area contributed by atoms with Gasteiger partial charge in [0.25, 0.3) is 5.88 Å². The van der Waals surface area contributed by atoms with Crippen molar-refractivity contribution in [2.45, 2.75) is 103 Å². The molecular weight excluding hydrogens is 910 g/mol. The normalized spacial score (nSPS) is 20.1. The van der Waals surface area contributed by atoms with Crippen LogP contribution in [0.4, 0.5) is 18.9 Å². The number of aromatic nitrogens is 1. The van der Waals surface area contributed by atoms with E-state index in [4.69, 9.17) is 18.4 Å². The molecule has 17 heteroatoms. The number of amides is 1. The second kappa shape index (κ2) is 20.5. The molecule has 4 aromatic rings. The van der Waals surface area contributed by atoms with Gasteiger partial charge in [0.2, 0.25) is 11.7 Å². The van der Waals surface area contributed by atoms with Crippen LogP contribution in [0.3, 0.4) is 0 Å². The number of fused-ring (bicyclic) bond motifs is 4. The van der Waals surface area contributed by atoms with Gasteiger partial charge in [-0.25, -0.2) is 0 Å². The molecule has 0 bridgehead atoms. The number of carbonyl (C=O) groups is 3. The SMILES string of the molecule is C=CCN(CC=C)[C@@H]1c2onc(OCc3ccccc3)c2C(=O)C2(O[Si](C)(C)C(C)(C)C)C(O)=C3C(=O)c4c(c(OC(F)(F)F)cc(NC(=O)CNCCCC)c4OCc4ccccc4)C[C@H]3C[C@@H]12. The van der Waals surface area contributed by atoms with E-state index in [0.717, 1.165) is 24.5 Å². The summed E-state index contributed by atoms with van der Waals surface area (Å²) in [5, 5.41) is 22.7. The average molecular weight is 971 g/mol. The topological polar surface area (TPSA) is 162 Å². The van der Waals surface area contributed by atoms with Gasteiger partial charge in [0.05, 0.1) is 23.8 Å². The molecule has 0 aliphatic heterocycles. The molecule has 368 valence electrons. The molecule has 1 unspecified atom stereocenters. The number of benzene rings is 3. The first kappa shape index (κ1) is 50.9. The van der Waals surface area contributed by atoms with Crippen molar-refractivity contribution in [2.75, 3.05) is 31.5 Å². The van der Waals surface area contributed by atoms with Gasteiger partial charge in [-0.15, -0.1) is 26.3 Å². The lowest BCUT2D eigenvalue weighted by Gasteiger charge is -2.55. The Morgan fingerprint density at radius 1 is 0.986 bits per heavy atom. The summed E-state index contributed by atoms with van der Waals surface area (Å²) in [4.78, 5) is 47.1. The molecule has 13 nitrogen and oxygen atoms in total. The number of Topliss-reactive ketones (excluding diaryl/α,β-unsaturated/α-hetero) is 2. The molecule has 0 radical (unpaired) electrons. The number of hydrogen-bond acceptors (Lipinski definition) is 12. The van der Waals surface area contributed by atoms with Crippen molar-refractivity contribution in [2.24, 2.45) is 11.8 Å². The maximum atomic E-state index is 16.0. The van der Waals surface area contributed by atoms with E-state index in [2.05, 4.69) is 33.7 Å². The number of anilines is 1. The van der Waals surface area contributed by atoms with Crippen molar-refractivity contribution < 1.29 is 55.8 Å². The number of aliphatic hydroxyl groups excluding tert-OH is 1. The van der Waals surface area contributed by atoms with Crippen molar-refractivity contribution in [3.05, 3.63) is 137 Å². The minimum atomic E-state index is -5.22. The maximum Gasteiger partial charge on any atom is 0.573 e. The Kier molecular flexibility index (Phi) is 15.1. The van der Waals surface area contributed by atoms with Crippen LogP contribution in [0.25, 0.3) is 0 Å². The van der Waals surface area contributed by atoms with Gasteiger partial charge < -0.3 is 38.9 Å². The van der Waals surface area contributed by atoms with Crippen molar-refractivity contribution in [1.29, 1.82) is 0 Å². The highest BCUT2D eigenvalue weighted by molar-refractivity contribution is 6.74. The fourth-order valence-corrected chi connectivity index (χ4v) is 10.8. The molecule has 4 atom stereocenters. The number of aliphatic hydroxyl groups is 1. The second-order valence-corrected chi connectivity index (χ2v) is 24.0. The molecule has 0 spiro atoms. The summed E-state index contributed by atoms with van der Waals surface area (Å²) in [6.45, 7) is 20.4. The van der Waals surface area contributed by atoms with Crippen LogP contribution < -0.4 is 24.8 Å². The summed E-state index contributed by atoms with van der Waals surface area (Å²) in [5.74, 6) is -5.95. The van der Waals surface area contributed by atoms with Crippen LogP contribution in [0.2, 0.25) is 18.1 Å². The van der Waals surface area contributed by atoms with Crippen LogP contribution in [0.15, 0.2) is 108 Å².